The van der Waals surface area contributed by atoms with Crippen molar-refractivity contribution in [3.63, 3.8) is 0 Å². The molecule has 0 unspecified atom stereocenters. The van der Waals surface area contributed by atoms with E-state index in [4.69, 9.17) is 12.2 Å². The minimum absolute atomic E-state index is 0.628. The fraction of sp³-hybridized carbons (Fsp3) is 0.308. The predicted molar refractivity (Wildman–Crippen MR) is 71.4 cm³/mol. The zero-order chi connectivity index (χ0) is 12.3. The molecular formula is C13H15N3S. The maximum absolute atomic E-state index is 5.18. The zero-order valence-electron chi connectivity index (χ0n) is 10.0. The minimum Gasteiger partial charge on any atom is -0.343 e. The molecule has 17 heavy (non-hydrogen) atoms. The van der Waals surface area contributed by atoms with Crippen molar-refractivity contribution in [3.05, 3.63) is 40.6 Å². The topological polar surface area (TPSA) is 41.6 Å². The van der Waals surface area contributed by atoms with Crippen LogP contribution >= 0.6 is 12.2 Å². The van der Waals surface area contributed by atoms with Crippen LogP contribution in [0.5, 0.6) is 0 Å². The van der Waals surface area contributed by atoms with E-state index < -0.39 is 0 Å². The van der Waals surface area contributed by atoms with Gasteiger partial charge in [0.2, 0.25) is 0 Å². The quantitative estimate of drug-likeness (QED) is 0.842. The molecule has 0 amide bonds. The second-order valence-electron chi connectivity index (χ2n) is 4.02. The molecule has 2 aromatic heterocycles. The second kappa shape index (κ2) is 5.19. The SMILES string of the molecule is CCCc1nc(=S)cc(-c2ccc(C)nc2)[nH]1. The molecule has 3 nitrogen and oxygen atoms in total. The molecule has 1 N–H and O–H groups in total. The third-order valence-electron chi connectivity index (χ3n) is 2.50. The minimum atomic E-state index is 0.628. The summed E-state index contributed by atoms with van der Waals surface area (Å²) in [6.45, 7) is 4.10. The largest absolute Gasteiger partial charge is 0.343 e. The lowest BCUT2D eigenvalue weighted by atomic mass is 10.2. The van der Waals surface area contributed by atoms with Gasteiger partial charge in [0.1, 0.15) is 10.5 Å². The number of aryl methyl sites for hydroxylation is 2. The van der Waals surface area contributed by atoms with E-state index in [-0.39, 0.29) is 0 Å². The fourth-order valence-electron chi connectivity index (χ4n) is 1.65. The first-order chi connectivity index (χ1) is 8.19. The summed E-state index contributed by atoms with van der Waals surface area (Å²) >= 11 is 5.18. The molecule has 2 rings (SSSR count). The van der Waals surface area contributed by atoms with Crippen molar-refractivity contribution in [2.45, 2.75) is 26.7 Å². The number of rotatable bonds is 3. The van der Waals surface area contributed by atoms with Crippen molar-refractivity contribution in [2.75, 3.05) is 0 Å². The first-order valence-electron chi connectivity index (χ1n) is 5.72. The molecule has 0 saturated heterocycles. The first kappa shape index (κ1) is 11.9. The van der Waals surface area contributed by atoms with Crippen molar-refractivity contribution in [2.24, 2.45) is 0 Å². The third kappa shape index (κ3) is 2.97. The van der Waals surface area contributed by atoms with Gasteiger partial charge in [-0.1, -0.05) is 19.1 Å². The number of aromatic nitrogens is 3. The Balaban J connectivity index is 2.44. The van der Waals surface area contributed by atoms with E-state index in [9.17, 15) is 0 Å². The van der Waals surface area contributed by atoms with Crippen molar-refractivity contribution < 1.29 is 0 Å². The fourth-order valence-corrected chi connectivity index (χ4v) is 1.87. The van der Waals surface area contributed by atoms with Gasteiger partial charge in [-0.25, -0.2) is 4.98 Å². The van der Waals surface area contributed by atoms with Crippen molar-refractivity contribution in [1.82, 2.24) is 15.0 Å². The van der Waals surface area contributed by atoms with Gasteiger partial charge in [-0.15, -0.1) is 0 Å². The number of H-pyrrole nitrogens is 1. The molecule has 2 heterocycles. The Morgan fingerprint density at radius 1 is 1.35 bits per heavy atom. The van der Waals surface area contributed by atoms with E-state index in [0.717, 1.165) is 35.6 Å². The van der Waals surface area contributed by atoms with E-state index in [2.05, 4.69) is 21.9 Å². The molecule has 0 saturated carbocycles. The van der Waals surface area contributed by atoms with Crippen LogP contribution in [0.1, 0.15) is 24.9 Å². The van der Waals surface area contributed by atoms with Gasteiger partial charge in [0, 0.05) is 23.9 Å². The molecule has 0 aliphatic rings. The maximum atomic E-state index is 5.18. The van der Waals surface area contributed by atoms with Crippen LogP contribution in [0, 0.1) is 11.6 Å². The zero-order valence-corrected chi connectivity index (χ0v) is 10.8. The summed E-state index contributed by atoms with van der Waals surface area (Å²) in [6.07, 6.45) is 3.82. The van der Waals surface area contributed by atoms with E-state index in [1.54, 1.807) is 0 Å². The van der Waals surface area contributed by atoms with E-state index >= 15 is 0 Å². The van der Waals surface area contributed by atoms with Gasteiger partial charge in [-0.2, -0.15) is 0 Å². The summed E-state index contributed by atoms with van der Waals surface area (Å²) in [5.41, 5.74) is 3.04. The molecule has 2 aromatic rings. The standard InChI is InChI=1S/C13H15N3S/c1-3-4-12-15-11(7-13(17)16-12)10-6-5-9(2)14-8-10/h5-8H,3-4H2,1-2H3,(H,15,16,17). The van der Waals surface area contributed by atoms with Gasteiger partial charge >= 0.3 is 0 Å². The Hall–Kier alpha value is -1.55. The maximum Gasteiger partial charge on any atom is 0.130 e. The van der Waals surface area contributed by atoms with Crippen LogP contribution in [0.15, 0.2) is 24.4 Å². The monoisotopic (exact) mass is 245 g/mol. The van der Waals surface area contributed by atoms with Gasteiger partial charge in [0.05, 0.1) is 5.69 Å². The second-order valence-corrected chi connectivity index (χ2v) is 4.44. The molecule has 0 spiro atoms. The Bertz CT molecular complexity index is 558. The molecule has 4 heteroatoms. The van der Waals surface area contributed by atoms with E-state index in [0.29, 0.717) is 4.64 Å². The van der Waals surface area contributed by atoms with Gasteiger partial charge in [-0.05, 0) is 31.5 Å². The van der Waals surface area contributed by atoms with Crippen LogP contribution in [0.2, 0.25) is 0 Å². The lowest BCUT2D eigenvalue weighted by Crippen LogP contribution is -1.97. The van der Waals surface area contributed by atoms with Gasteiger partial charge in [0.25, 0.3) is 0 Å². The number of pyridine rings is 1. The Morgan fingerprint density at radius 3 is 2.82 bits per heavy atom. The molecule has 0 fully saturated rings. The van der Waals surface area contributed by atoms with Crippen molar-refractivity contribution in [1.29, 1.82) is 0 Å². The van der Waals surface area contributed by atoms with Gasteiger partial charge in [0.15, 0.2) is 0 Å². The van der Waals surface area contributed by atoms with Crippen LogP contribution < -0.4 is 0 Å². The highest BCUT2D eigenvalue weighted by Crippen LogP contribution is 2.16. The van der Waals surface area contributed by atoms with Gasteiger partial charge < -0.3 is 4.98 Å². The molecule has 88 valence electrons. The highest BCUT2D eigenvalue weighted by Gasteiger charge is 2.01. The van der Waals surface area contributed by atoms with Crippen LogP contribution in [0.25, 0.3) is 11.3 Å². The molecule has 0 aliphatic carbocycles. The van der Waals surface area contributed by atoms with Crippen LogP contribution in [0.3, 0.4) is 0 Å². The Morgan fingerprint density at radius 2 is 2.18 bits per heavy atom. The predicted octanol–water partition coefficient (Wildman–Crippen LogP) is 3.46. The summed E-state index contributed by atoms with van der Waals surface area (Å²) in [5, 5.41) is 0. The van der Waals surface area contributed by atoms with Crippen LogP contribution in [-0.2, 0) is 6.42 Å². The lowest BCUT2D eigenvalue weighted by molar-refractivity contribution is 0.833. The number of hydrogen-bond donors (Lipinski definition) is 1. The normalized spacial score (nSPS) is 10.5. The molecule has 0 aromatic carbocycles. The first-order valence-corrected chi connectivity index (χ1v) is 6.13. The van der Waals surface area contributed by atoms with Crippen molar-refractivity contribution in [3.8, 4) is 11.3 Å². The summed E-state index contributed by atoms with van der Waals surface area (Å²) < 4.78 is 0.628. The molecule has 0 bridgehead atoms. The van der Waals surface area contributed by atoms with Crippen LogP contribution in [-0.4, -0.2) is 15.0 Å². The van der Waals surface area contributed by atoms with E-state index in [1.165, 1.54) is 0 Å². The lowest BCUT2D eigenvalue weighted by Gasteiger charge is -2.05. The van der Waals surface area contributed by atoms with E-state index in [1.807, 2.05) is 31.3 Å². The molecule has 0 aliphatic heterocycles. The molecule has 0 radical (unpaired) electrons. The van der Waals surface area contributed by atoms with Gasteiger partial charge in [-0.3, -0.25) is 4.98 Å². The summed E-state index contributed by atoms with van der Waals surface area (Å²) in [6, 6.07) is 5.91. The van der Waals surface area contributed by atoms with Crippen molar-refractivity contribution >= 4 is 12.2 Å². The number of nitrogens with one attached hydrogen (secondary N) is 1. The van der Waals surface area contributed by atoms with Crippen LogP contribution in [0.4, 0.5) is 0 Å². The average molecular weight is 245 g/mol. The highest BCUT2D eigenvalue weighted by atomic mass is 32.1. The molecular weight excluding hydrogens is 230 g/mol. The number of aromatic amines is 1. The summed E-state index contributed by atoms with van der Waals surface area (Å²) in [7, 11) is 0. The summed E-state index contributed by atoms with van der Waals surface area (Å²) in [5.74, 6) is 0.940. The Kier molecular flexibility index (Phi) is 3.64. The highest BCUT2D eigenvalue weighted by molar-refractivity contribution is 7.71. The number of nitrogens with zero attached hydrogens (tertiary/aromatic N) is 2. The smallest absolute Gasteiger partial charge is 0.130 e. The Labute approximate surface area is 106 Å². The number of hydrogen-bond acceptors (Lipinski definition) is 3. The third-order valence-corrected chi connectivity index (χ3v) is 2.71. The average Bonchev–Trinajstić information content (AvgIpc) is 2.29. The molecule has 0 atom stereocenters. The summed E-state index contributed by atoms with van der Waals surface area (Å²) in [4.78, 5) is 11.9.